The molecule has 29 heavy (non-hydrogen) atoms. The lowest BCUT2D eigenvalue weighted by Gasteiger charge is -2.12. The normalized spacial score (nSPS) is 11.9. The molecule has 0 bridgehead atoms. The summed E-state index contributed by atoms with van der Waals surface area (Å²) in [5.74, 6) is -0.336. The van der Waals surface area contributed by atoms with Crippen LogP contribution in [-0.2, 0) is 13.1 Å². The van der Waals surface area contributed by atoms with Crippen LogP contribution < -0.4 is 5.32 Å². The number of H-pyrrole nitrogens is 1. The third-order valence-corrected chi connectivity index (χ3v) is 5.29. The van der Waals surface area contributed by atoms with Gasteiger partial charge in [0.25, 0.3) is 5.91 Å². The van der Waals surface area contributed by atoms with Crippen LogP contribution in [0.15, 0.2) is 36.7 Å². The van der Waals surface area contributed by atoms with Gasteiger partial charge in [-0.2, -0.15) is 18.3 Å². The summed E-state index contributed by atoms with van der Waals surface area (Å²) in [4.78, 5) is 12.0. The molecule has 1 aromatic carbocycles. The third-order valence-electron chi connectivity index (χ3n) is 4.35. The summed E-state index contributed by atoms with van der Waals surface area (Å²) in [5, 5.41) is 18.6. The molecule has 7 nitrogen and oxygen atoms in total. The SMILES string of the molecule is Cc1cccc2c1cc(-c1nnc(CNC(=O)c3cn[nH]c3)s1)n2CC(F)(F)F. The molecule has 0 saturated carbocycles. The number of aromatic amines is 1. The molecule has 2 N–H and O–H groups in total. The van der Waals surface area contributed by atoms with E-state index in [1.165, 1.54) is 17.0 Å². The summed E-state index contributed by atoms with van der Waals surface area (Å²) in [6.07, 6.45) is -1.53. The molecule has 4 rings (SSSR count). The van der Waals surface area contributed by atoms with E-state index >= 15 is 0 Å². The van der Waals surface area contributed by atoms with E-state index in [0.717, 1.165) is 22.3 Å². The van der Waals surface area contributed by atoms with Gasteiger partial charge in [0.1, 0.15) is 11.6 Å². The first-order chi connectivity index (χ1) is 13.8. The molecule has 0 radical (unpaired) electrons. The van der Waals surface area contributed by atoms with Crippen LogP contribution >= 0.6 is 11.3 Å². The van der Waals surface area contributed by atoms with E-state index in [0.29, 0.717) is 26.8 Å². The van der Waals surface area contributed by atoms with Gasteiger partial charge >= 0.3 is 6.18 Å². The number of rotatable bonds is 5. The standard InChI is InChI=1S/C18H15F3N6OS/c1-10-3-2-4-13-12(10)5-14(27(13)9-18(19,20)21)17-26-25-15(29-17)8-22-16(28)11-6-23-24-7-11/h2-7H,8-9H2,1H3,(H,22,28)(H,23,24). The molecule has 0 aliphatic rings. The molecular formula is C18H15F3N6OS. The Balaban J connectivity index is 1.64. The molecule has 0 aliphatic carbocycles. The van der Waals surface area contributed by atoms with Gasteiger partial charge in [-0.15, -0.1) is 10.2 Å². The number of hydrogen-bond acceptors (Lipinski definition) is 5. The lowest BCUT2D eigenvalue weighted by Crippen LogP contribution is -2.22. The Morgan fingerprint density at radius 3 is 2.86 bits per heavy atom. The van der Waals surface area contributed by atoms with Crippen molar-refractivity contribution in [1.29, 1.82) is 0 Å². The molecule has 0 atom stereocenters. The zero-order valence-electron chi connectivity index (χ0n) is 15.1. The van der Waals surface area contributed by atoms with E-state index in [1.807, 2.05) is 13.0 Å². The van der Waals surface area contributed by atoms with Crippen LogP contribution in [0.5, 0.6) is 0 Å². The smallest absolute Gasteiger partial charge is 0.345 e. The fraction of sp³-hybridized carbons (Fsp3) is 0.222. The number of carbonyl (C=O) groups excluding carboxylic acids is 1. The van der Waals surface area contributed by atoms with Gasteiger partial charge in [0, 0.05) is 17.1 Å². The number of nitrogens with zero attached hydrogens (tertiary/aromatic N) is 4. The van der Waals surface area contributed by atoms with Gasteiger partial charge in [-0.05, 0) is 24.6 Å². The maximum atomic E-state index is 13.2. The van der Waals surface area contributed by atoms with E-state index in [1.54, 1.807) is 18.2 Å². The Bertz CT molecular complexity index is 1160. The number of hydrogen-bond donors (Lipinski definition) is 2. The van der Waals surface area contributed by atoms with Crippen LogP contribution in [0.2, 0.25) is 0 Å². The highest BCUT2D eigenvalue weighted by Gasteiger charge is 2.30. The van der Waals surface area contributed by atoms with Crippen molar-refractivity contribution in [3.8, 4) is 10.7 Å². The van der Waals surface area contributed by atoms with E-state index in [4.69, 9.17) is 0 Å². The van der Waals surface area contributed by atoms with Crippen molar-refractivity contribution < 1.29 is 18.0 Å². The van der Waals surface area contributed by atoms with Gasteiger partial charge in [0.2, 0.25) is 0 Å². The molecule has 11 heteroatoms. The number of halogens is 3. The van der Waals surface area contributed by atoms with Crippen molar-refractivity contribution in [2.75, 3.05) is 0 Å². The quantitative estimate of drug-likeness (QED) is 0.516. The van der Waals surface area contributed by atoms with Crippen LogP contribution in [0, 0.1) is 6.92 Å². The molecule has 4 aromatic rings. The van der Waals surface area contributed by atoms with Crippen molar-refractivity contribution in [2.45, 2.75) is 26.2 Å². The Morgan fingerprint density at radius 2 is 2.14 bits per heavy atom. The fourth-order valence-electron chi connectivity index (χ4n) is 3.02. The van der Waals surface area contributed by atoms with Crippen LogP contribution in [-0.4, -0.2) is 37.0 Å². The van der Waals surface area contributed by atoms with Crippen LogP contribution in [0.3, 0.4) is 0 Å². The second kappa shape index (κ2) is 7.32. The minimum atomic E-state index is -4.38. The molecule has 3 aromatic heterocycles. The summed E-state index contributed by atoms with van der Waals surface area (Å²) >= 11 is 1.14. The number of nitrogens with one attached hydrogen (secondary N) is 2. The lowest BCUT2D eigenvalue weighted by molar-refractivity contribution is -0.139. The topological polar surface area (TPSA) is 88.5 Å². The summed E-state index contributed by atoms with van der Waals surface area (Å²) in [7, 11) is 0. The van der Waals surface area contributed by atoms with Crippen LogP contribution in [0.4, 0.5) is 13.2 Å². The second-order valence-electron chi connectivity index (χ2n) is 6.41. The minimum Gasteiger partial charge on any atom is -0.345 e. The van der Waals surface area contributed by atoms with Crippen molar-refractivity contribution in [3.05, 3.63) is 52.8 Å². The molecule has 150 valence electrons. The summed E-state index contributed by atoms with van der Waals surface area (Å²) in [5.41, 5.74) is 2.08. The first kappa shape index (κ1) is 19.1. The number of fused-ring (bicyclic) bond motifs is 1. The second-order valence-corrected chi connectivity index (χ2v) is 7.47. The molecule has 0 saturated heterocycles. The number of benzene rings is 1. The summed E-state index contributed by atoms with van der Waals surface area (Å²) in [6.45, 7) is 0.836. The van der Waals surface area contributed by atoms with Gasteiger partial charge in [-0.25, -0.2) is 0 Å². The van der Waals surface area contributed by atoms with Crippen molar-refractivity contribution in [1.82, 2.24) is 30.3 Å². The Kier molecular flexibility index (Phi) is 4.82. The van der Waals surface area contributed by atoms with Crippen LogP contribution in [0.1, 0.15) is 20.9 Å². The van der Waals surface area contributed by atoms with Crippen molar-refractivity contribution in [2.24, 2.45) is 0 Å². The Hall–Kier alpha value is -3.21. The Morgan fingerprint density at radius 1 is 1.31 bits per heavy atom. The number of carbonyl (C=O) groups is 1. The molecule has 0 spiro atoms. The molecule has 0 unspecified atom stereocenters. The average molecular weight is 420 g/mol. The molecule has 1 amide bonds. The van der Waals surface area contributed by atoms with E-state index in [2.05, 4.69) is 25.7 Å². The van der Waals surface area contributed by atoms with E-state index in [9.17, 15) is 18.0 Å². The Labute approximate surface area is 166 Å². The zero-order valence-corrected chi connectivity index (χ0v) is 15.9. The molecule has 0 aliphatic heterocycles. The molecular weight excluding hydrogens is 405 g/mol. The van der Waals surface area contributed by atoms with Gasteiger partial charge < -0.3 is 9.88 Å². The van der Waals surface area contributed by atoms with Crippen LogP contribution in [0.25, 0.3) is 21.6 Å². The number of aryl methyl sites for hydroxylation is 1. The van der Waals surface area contributed by atoms with Gasteiger partial charge in [-0.3, -0.25) is 9.89 Å². The highest BCUT2D eigenvalue weighted by Crippen LogP contribution is 2.34. The van der Waals surface area contributed by atoms with Crippen molar-refractivity contribution >= 4 is 28.1 Å². The fourth-order valence-corrected chi connectivity index (χ4v) is 3.83. The predicted octanol–water partition coefficient (Wildman–Crippen LogP) is 3.68. The highest BCUT2D eigenvalue weighted by atomic mass is 32.1. The maximum absolute atomic E-state index is 13.2. The van der Waals surface area contributed by atoms with Crippen molar-refractivity contribution in [3.63, 3.8) is 0 Å². The first-order valence-electron chi connectivity index (χ1n) is 8.57. The minimum absolute atomic E-state index is 0.111. The summed E-state index contributed by atoms with van der Waals surface area (Å²) < 4.78 is 40.8. The third kappa shape index (κ3) is 3.99. The predicted molar refractivity (Wildman–Crippen MR) is 101 cm³/mol. The number of amides is 1. The highest BCUT2D eigenvalue weighted by molar-refractivity contribution is 7.14. The summed E-state index contributed by atoms with van der Waals surface area (Å²) in [6, 6.07) is 6.93. The molecule has 3 heterocycles. The average Bonchev–Trinajstić information content (AvgIpc) is 3.39. The largest absolute Gasteiger partial charge is 0.406 e. The lowest BCUT2D eigenvalue weighted by atomic mass is 10.1. The van der Waals surface area contributed by atoms with E-state index in [-0.39, 0.29) is 12.5 Å². The monoisotopic (exact) mass is 420 g/mol. The number of aromatic nitrogens is 5. The first-order valence-corrected chi connectivity index (χ1v) is 9.39. The zero-order chi connectivity index (χ0) is 20.6. The number of alkyl halides is 3. The van der Waals surface area contributed by atoms with Gasteiger partial charge in [0.05, 0.1) is 24.0 Å². The molecule has 0 fully saturated rings. The van der Waals surface area contributed by atoms with Gasteiger partial charge in [-0.1, -0.05) is 23.5 Å². The maximum Gasteiger partial charge on any atom is 0.406 e. The van der Waals surface area contributed by atoms with Gasteiger partial charge in [0.15, 0.2) is 5.01 Å². The van der Waals surface area contributed by atoms with E-state index < -0.39 is 12.7 Å².